The number of carbonyl (C=O) groups excluding carboxylic acids is 1. The van der Waals surface area contributed by atoms with Crippen molar-refractivity contribution in [3.63, 3.8) is 0 Å². The number of carbonyl (C=O) groups is 1. The fourth-order valence-corrected chi connectivity index (χ4v) is 3.93. The number of benzene rings is 1. The van der Waals surface area contributed by atoms with Crippen LogP contribution in [0.25, 0.3) is 11.0 Å². The smallest absolute Gasteiger partial charge is 0.289 e. The zero-order chi connectivity index (χ0) is 18.3. The van der Waals surface area contributed by atoms with E-state index in [0.717, 1.165) is 23.8 Å². The van der Waals surface area contributed by atoms with E-state index in [1.54, 1.807) is 17.2 Å². The summed E-state index contributed by atoms with van der Waals surface area (Å²) in [4.78, 5) is 18.7. The fraction of sp³-hybridized carbons (Fsp3) is 0.333. The molecular weight excluding hydrogens is 344 g/mol. The van der Waals surface area contributed by atoms with E-state index in [2.05, 4.69) is 4.98 Å². The molecule has 2 fully saturated rings. The molecule has 0 bridgehead atoms. The monoisotopic (exact) mass is 364 g/mol. The molecule has 5 rings (SSSR count). The summed E-state index contributed by atoms with van der Waals surface area (Å²) < 4.78 is 17.7. The largest absolute Gasteiger partial charge is 0.474 e. The van der Waals surface area contributed by atoms with Gasteiger partial charge in [0.1, 0.15) is 17.3 Å². The van der Waals surface area contributed by atoms with E-state index < -0.39 is 0 Å². The van der Waals surface area contributed by atoms with Gasteiger partial charge in [-0.1, -0.05) is 24.3 Å². The second-order valence-corrected chi connectivity index (χ2v) is 7.24. The van der Waals surface area contributed by atoms with E-state index >= 15 is 0 Å². The molecule has 2 aliphatic rings. The highest BCUT2D eigenvalue weighted by atomic mass is 16.5. The van der Waals surface area contributed by atoms with Gasteiger partial charge in [0.25, 0.3) is 5.91 Å². The number of aromatic nitrogens is 1. The number of rotatable bonds is 3. The SMILES string of the molecule is O=C(c1cc2ccccc2o1)N1CC2(C[C@H](Oc3ccccn3)CCO2)C1. The molecule has 4 heterocycles. The Kier molecular flexibility index (Phi) is 3.86. The summed E-state index contributed by atoms with van der Waals surface area (Å²) in [5.74, 6) is 0.922. The lowest BCUT2D eigenvalue weighted by atomic mass is 9.84. The summed E-state index contributed by atoms with van der Waals surface area (Å²) in [6.07, 6.45) is 3.36. The minimum Gasteiger partial charge on any atom is -0.474 e. The standard InChI is InChI=1S/C21H20N2O4/c24-20(18-11-15-5-1-2-6-17(15)27-18)23-13-21(14-23)12-16(8-10-25-21)26-19-7-3-4-9-22-19/h1-7,9,11,16H,8,10,12-14H2/t16-/m1/s1. The Morgan fingerprint density at radius 1 is 1.19 bits per heavy atom. The molecule has 1 spiro atoms. The van der Waals surface area contributed by atoms with Crippen molar-refractivity contribution in [3.05, 3.63) is 60.5 Å². The van der Waals surface area contributed by atoms with Crippen LogP contribution in [0.15, 0.2) is 59.1 Å². The zero-order valence-corrected chi connectivity index (χ0v) is 14.8. The number of nitrogens with zero attached hydrogens (tertiary/aromatic N) is 2. The number of ether oxygens (including phenoxy) is 2. The third-order valence-corrected chi connectivity index (χ3v) is 5.25. The van der Waals surface area contributed by atoms with E-state index in [0.29, 0.717) is 31.3 Å². The van der Waals surface area contributed by atoms with Crippen molar-refractivity contribution >= 4 is 16.9 Å². The highest BCUT2D eigenvalue weighted by Crippen LogP contribution is 2.36. The van der Waals surface area contributed by atoms with Crippen LogP contribution >= 0.6 is 0 Å². The molecule has 0 radical (unpaired) electrons. The molecular formula is C21H20N2O4. The zero-order valence-electron chi connectivity index (χ0n) is 14.8. The summed E-state index contributed by atoms with van der Waals surface area (Å²) in [7, 11) is 0. The number of fused-ring (bicyclic) bond motifs is 1. The number of amides is 1. The quantitative estimate of drug-likeness (QED) is 0.714. The van der Waals surface area contributed by atoms with Crippen LogP contribution in [0.4, 0.5) is 0 Å². The molecule has 27 heavy (non-hydrogen) atoms. The molecule has 0 saturated carbocycles. The van der Waals surface area contributed by atoms with Crippen LogP contribution in [-0.2, 0) is 4.74 Å². The summed E-state index contributed by atoms with van der Waals surface area (Å²) in [5, 5.41) is 0.939. The molecule has 0 N–H and O–H groups in total. The van der Waals surface area contributed by atoms with Gasteiger partial charge in [-0.3, -0.25) is 4.79 Å². The predicted octanol–water partition coefficient (Wildman–Crippen LogP) is 3.28. The van der Waals surface area contributed by atoms with E-state index in [1.165, 1.54) is 0 Å². The fourth-order valence-electron chi connectivity index (χ4n) is 3.93. The van der Waals surface area contributed by atoms with Gasteiger partial charge in [0.05, 0.1) is 19.7 Å². The Morgan fingerprint density at radius 2 is 2.04 bits per heavy atom. The van der Waals surface area contributed by atoms with Crippen molar-refractivity contribution in [2.45, 2.75) is 24.5 Å². The Bertz CT molecular complexity index is 929. The first-order chi connectivity index (χ1) is 13.2. The molecule has 1 aromatic carbocycles. The summed E-state index contributed by atoms with van der Waals surface area (Å²) in [5.41, 5.74) is 0.410. The van der Waals surface area contributed by atoms with Crippen molar-refractivity contribution < 1.29 is 18.7 Å². The van der Waals surface area contributed by atoms with E-state index in [9.17, 15) is 4.79 Å². The van der Waals surface area contributed by atoms with Crippen LogP contribution in [-0.4, -0.2) is 47.2 Å². The highest BCUT2D eigenvalue weighted by molar-refractivity contribution is 5.96. The van der Waals surface area contributed by atoms with Gasteiger partial charge in [0.2, 0.25) is 5.88 Å². The molecule has 6 nitrogen and oxygen atoms in total. The van der Waals surface area contributed by atoms with Gasteiger partial charge < -0.3 is 18.8 Å². The van der Waals surface area contributed by atoms with Gasteiger partial charge >= 0.3 is 0 Å². The number of hydrogen-bond acceptors (Lipinski definition) is 5. The van der Waals surface area contributed by atoms with Crippen molar-refractivity contribution in [1.82, 2.24) is 9.88 Å². The van der Waals surface area contributed by atoms with Gasteiger partial charge in [0, 0.05) is 30.5 Å². The maximum absolute atomic E-state index is 12.7. The van der Waals surface area contributed by atoms with Crippen molar-refractivity contribution in [2.24, 2.45) is 0 Å². The average Bonchev–Trinajstić information content (AvgIpc) is 3.11. The molecule has 1 amide bonds. The topological polar surface area (TPSA) is 64.8 Å². The second kappa shape index (κ2) is 6.39. The highest BCUT2D eigenvalue weighted by Gasteiger charge is 2.50. The number of furan rings is 1. The van der Waals surface area contributed by atoms with E-state index in [-0.39, 0.29) is 17.6 Å². The predicted molar refractivity (Wildman–Crippen MR) is 98.7 cm³/mol. The van der Waals surface area contributed by atoms with Gasteiger partial charge in [0.15, 0.2) is 5.76 Å². The van der Waals surface area contributed by atoms with Crippen molar-refractivity contribution in [3.8, 4) is 5.88 Å². The van der Waals surface area contributed by atoms with Crippen LogP contribution in [0.3, 0.4) is 0 Å². The lowest BCUT2D eigenvalue weighted by Crippen LogP contribution is -2.67. The Balaban J connectivity index is 1.24. The number of likely N-dealkylation sites (tertiary alicyclic amines) is 1. The number of para-hydroxylation sites is 1. The maximum atomic E-state index is 12.7. The minimum atomic E-state index is -0.320. The van der Waals surface area contributed by atoms with Crippen LogP contribution in [0.5, 0.6) is 5.88 Å². The van der Waals surface area contributed by atoms with Crippen LogP contribution < -0.4 is 4.74 Å². The average molecular weight is 364 g/mol. The normalized spacial score (nSPS) is 21.2. The van der Waals surface area contributed by atoms with Gasteiger partial charge in [-0.2, -0.15) is 0 Å². The van der Waals surface area contributed by atoms with E-state index in [1.807, 2.05) is 42.5 Å². The van der Waals surface area contributed by atoms with Gasteiger partial charge in [-0.15, -0.1) is 0 Å². The van der Waals surface area contributed by atoms with Crippen LogP contribution in [0.2, 0.25) is 0 Å². The number of hydrogen-bond donors (Lipinski definition) is 0. The van der Waals surface area contributed by atoms with Crippen LogP contribution in [0.1, 0.15) is 23.4 Å². The molecule has 138 valence electrons. The van der Waals surface area contributed by atoms with Crippen molar-refractivity contribution in [2.75, 3.05) is 19.7 Å². The third-order valence-electron chi connectivity index (χ3n) is 5.25. The molecule has 1 atom stereocenters. The molecule has 6 heteroatoms. The molecule has 0 aliphatic carbocycles. The molecule has 2 aromatic heterocycles. The Morgan fingerprint density at radius 3 is 2.85 bits per heavy atom. The minimum absolute atomic E-state index is 0.0529. The summed E-state index contributed by atoms with van der Waals surface area (Å²) in [6, 6.07) is 15.1. The summed E-state index contributed by atoms with van der Waals surface area (Å²) >= 11 is 0. The first-order valence-electron chi connectivity index (χ1n) is 9.20. The second-order valence-electron chi connectivity index (χ2n) is 7.24. The molecule has 0 unspecified atom stereocenters. The first kappa shape index (κ1) is 16.3. The van der Waals surface area contributed by atoms with Gasteiger partial charge in [-0.25, -0.2) is 4.98 Å². The maximum Gasteiger partial charge on any atom is 0.289 e. The lowest BCUT2D eigenvalue weighted by Gasteiger charge is -2.52. The Hall–Kier alpha value is -2.86. The molecule has 2 saturated heterocycles. The first-order valence-corrected chi connectivity index (χ1v) is 9.20. The number of pyridine rings is 1. The Labute approximate surface area is 156 Å². The van der Waals surface area contributed by atoms with E-state index in [4.69, 9.17) is 13.9 Å². The lowest BCUT2D eigenvalue weighted by molar-refractivity contribution is -0.174. The molecule has 3 aromatic rings. The van der Waals surface area contributed by atoms with Gasteiger partial charge in [-0.05, 0) is 18.2 Å². The molecule has 2 aliphatic heterocycles. The summed E-state index contributed by atoms with van der Waals surface area (Å²) in [6.45, 7) is 1.75. The third kappa shape index (κ3) is 3.06. The van der Waals surface area contributed by atoms with Crippen LogP contribution in [0, 0.1) is 0 Å². The van der Waals surface area contributed by atoms with Crippen molar-refractivity contribution in [1.29, 1.82) is 0 Å².